The van der Waals surface area contributed by atoms with Gasteiger partial charge in [-0.3, -0.25) is 0 Å². The van der Waals surface area contributed by atoms with Crippen molar-refractivity contribution in [3.63, 3.8) is 0 Å². The summed E-state index contributed by atoms with van der Waals surface area (Å²) in [6, 6.07) is 0. The number of hydrogen-bond acceptors (Lipinski definition) is 4. The van der Waals surface area contributed by atoms with Crippen molar-refractivity contribution in [2.24, 2.45) is 0 Å². The Morgan fingerprint density at radius 3 is 1.81 bits per heavy atom. The minimum atomic E-state index is 1.22. The minimum absolute atomic E-state index is 1.22. The van der Waals surface area contributed by atoms with Crippen molar-refractivity contribution in [1.82, 2.24) is 0 Å². The summed E-state index contributed by atoms with van der Waals surface area (Å²) in [6.07, 6.45) is 0. The molecule has 0 amide bonds. The Morgan fingerprint density at radius 1 is 0.750 bits per heavy atom. The van der Waals surface area contributed by atoms with Crippen LogP contribution in [-0.2, 0) is 0 Å². The molecule has 2 rings (SSSR count). The molecular formula is C12H12S4. The van der Waals surface area contributed by atoms with E-state index in [2.05, 4.69) is 32.6 Å². The van der Waals surface area contributed by atoms with Crippen LogP contribution in [-0.4, -0.2) is 0 Å². The summed E-state index contributed by atoms with van der Waals surface area (Å²) >= 11 is 7.49. The number of allylic oxidation sites excluding steroid dienone is 4. The second-order valence-electron chi connectivity index (χ2n) is 3.36. The van der Waals surface area contributed by atoms with Crippen LogP contribution in [0.15, 0.2) is 28.1 Å². The van der Waals surface area contributed by atoms with Crippen LogP contribution in [0.5, 0.6) is 0 Å². The van der Waals surface area contributed by atoms with Crippen molar-refractivity contribution in [3.8, 4) is 11.8 Å². The van der Waals surface area contributed by atoms with Crippen LogP contribution in [0.4, 0.5) is 0 Å². The quantitative estimate of drug-likeness (QED) is 0.532. The van der Waals surface area contributed by atoms with Crippen LogP contribution in [0.2, 0.25) is 0 Å². The highest BCUT2D eigenvalue weighted by Gasteiger charge is 2.25. The molecule has 0 radical (unpaired) electrons. The Kier molecular flexibility index (Phi) is 4.12. The van der Waals surface area contributed by atoms with E-state index in [9.17, 15) is 0 Å². The van der Waals surface area contributed by atoms with Gasteiger partial charge in [0.25, 0.3) is 0 Å². The van der Waals surface area contributed by atoms with E-state index in [0.29, 0.717) is 0 Å². The van der Waals surface area contributed by atoms with Gasteiger partial charge in [0.15, 0.2) is 0 Å². The van der Waals surface area contributed by atoms with E-state index in [1.54, 1.807) is 0 Å². The third kappa shape index (κ3) is 2.53. The lowest BCUT2D eigenvalue weighted by atomic mass is 10.5. The second kappa shape index (κ2) is 5.22. The monoisotopic (exact) mass is 284 g/mol. The fourth-order valence-corrected chi connectivity index (χ4v) is 6.50. The molecule has 4 heteroatoms. The van der Waals surface area contributed by atoms with Gasteiger partial charge in [-0.15, -0.1) is 5.92 Å². The Bertz CT molecular complexity index is 467. The molecule has 2 heterocycles. The topological polar surface area (TPSA) is 0 Å². The molecule has 0 aromatic heterocycles. The lowest BCUT2D eigenvalue weighted by Gasteiger charge is -2.00. The van der Waals surface area contributed by atoms with E-state index in [-0.39, 0.29) is 0 Å². The molecule has 0 nitrogen and oxygen atoms in total. The van der Waals surface area contributed by atoms with E-state index >= 15 is 0 Å². The summed E-state index contributed by atoms with van der Waals surface area (Å²) in [5.74, 6) is 6.16. The zero-order valence-corrected chi connectivity index (χ0v) is 12.9. The van der Waals surface area contributed by atoms with Crippen LogP contribution >= 0.6 is 47.0 Å². The van der Waals surface area contributed by atoms with E-state index in [4.69, 9.17) is 0 Å². The molecule has 0 spiro atoms. The number of thioether (sulfide) groups is 4. The maximum Gasteiger partial charge on any atom is 0.0723 e. The first-order chi connectivity index (χ1) is 7.61. The summed E-state index contributed by atoms with van der Waals surface area (Å²) in [7, 11) is 0. The third-order valence-corrected chi connectivity index (χ3v) is 7.83. The highest BCUT2D eigenvalue weighted by atomic mass is 32.2. The van der Waals surface area contributed by atoms with Crippen molar-refractivity contribution in [1.29, 1.82) is 0 Å². The summed E-state index contributed by atoms with van der Waals surface area (Å²) in [5, 5.41) is 0. The summed E-state index contributed by atoms with van der Waals surface area (Å²) in [6.45, 7) is 8.43. The molecule has 0 saturated carbocycles. The highest BCUT2D eigenvalue weighted by molar-refractivity contribution is 8.34. The van der Waals surface area contributed by atoms with Gasteiger partial charge in [-0.2, -0.15) is 0 Å². The van der Waals surface area contributed by atoms with Gasteiger partial charge in [-0.25, -0.2) is 0 Å². The lowest BCUT2D eigenvalue weighted by molar-refractivity contribution is 1.57. The molecule has 0 unspecified atom stereocenters. The lowest BCUT2D eigenvalue weighted by Crippen LogP contribution is -1.67. The molecule has 0 aromatic carbocycles. The maximum atomic E-state index is 3.18. The van der Waals surface area contributed by atoms with Gasteiger partial charge >= 0.3 is 0 Å². The van der Waals surface area contributed by atoms with E-state index < -0.39 is 0 Å². The van der Waals surface area contributed by atoms with E-state index in [1.807, 2.05) is 54.0 Å². The predicted molar refractivity (Wildman–Crippen MR) is 81.9 cm³/mol. The minimum Gasteiger partial charge on any atom is -0.101 e. The van der Waals surface area contributed by atoms with Crippen LogP contribution < -0.4 is 0 Å². The van der Waals surface area contributed by atoms with E-state index in [1.165, 1.54) is 28.1 Å². The summed E-state index contributed by atoms with van der Waals surface area (Å²) < 4.78 is 2.83. The van der Waals surface area contributed by atoms with Gasteiger partial charge in [0.1, 0.15) is 0 Å². The molecule has 0 aliphatic carbocycles. The first-order valence-corrected chi connectivity index (χ1v) is 8.15. The average molecular weight is 284 g/mol. The van der Waals surface area contributed by atoms with Crippen LogP contribution in [0, 0.1) is 11.8 Å². The van der Waals surface area contributed by atoms with Gasteiger partial charge in [-0.1, -0.05) is 53.0 Å². The van der Waals surface area contributed by atoms with Gasteiger partial charge in [0.05, 0.1) is 13.4 Å². The zero-order chi connectivity index (χ0) is 11.7. The molecule has 0 atom stereocenters. The van der Waals surface area contributed by atoms with Gasteiger partial charge in [-0.05, 0) is 37.5 Å². The summed E-state index contributed by atoms with van der Waals surface area (Å²) in [5.41, 5.74) is 0. The van der Waals surface area contributed by atoms with Crippen molar-refractivity contribution in [3.05, 3.63) is 28.1 Å². The molecule has 2 aliphatic heterocycles. The molecule has 0 N–H and O–H groups in total. The highest BCUT2D eigenvalue weighted by Crippen LogP contribution is 2.59. The molecule has 0 saturated heterocycles. The molecule has 84 valence electrons. The van der Waals surface area contributed by atoms with E-state index in [0.717, 1.165) is 0 Å². The predicted octanol–water partition coefficient (Wildman–Crippen LogP) is 5.58. The van der Waals surface area contributed by atoms with Crippen molar-refractivity contribution < 1.29 is 0 Å². The first-order valence-electron chi connectivity index (χ1n) is 4.88. The molecular weight excluding hydrogens is 272 g/mol. The zero-order valence-electron chi connectivity index (χ0n) is 9.63. The molecule has 0 bridgehead atoms. The smallest absolute Gasteiger partial charge is 0.0723 e. The second-order valence-corrected chi connectivity index (χ2v) is 8.57. The number of rotatable bonds is 0. The summed E-state index contributed by atoms with van der Waals surface area (Å²) in [4.78, 5) is 5.42. The normalized spacial score (nSPS) is 20.8. The molecule has 16 heavy (non-hydrogen) atoms. The molecule has 0 fully saturated rings. The van der Waals surface area contributed by atoms with Crippen molar-refractivity contribution in [2.45, 2.75) is 27.7 Å². The van der Waals surface area contributed by atoms with Crippen LogP contribution in [0.1, 0.15) is 27.7 Å². The Balaban J connectivity index is 2.18. The van der Waals surface area contributed by atoms with Gasteiger partial charge < -0.3 is 0 Å². The largest absolute Gasteiger partial charge is 0.101 e. The van der Waals surface area contributed by atoms with Crippen molar-refractivity contribution >= 4 is 47.0 Å². The van der Waals surface area contributed by atoms with Crippen LogP contribution in [0.25, 0.3) is 0 Å². The Labute approximate surface area is 114 Å². The van der Waals surface area contributed by atoms with Gasteiger partial charge in [0.2, 0.25) is 0 Å². The Morgan fingerprint density at radius 2 is 1.25 bits per heavy atom. The molecule has 2 aliphatic rings. The average Bonchev–Trinajstić information content (AvgIpc) is 2.74. The Hall–Kier alpha value is 0.180. The molecule has 0 aromatic rings. The first kappa shape index (κ1) is 12.6. The SMILES string of the molecule is CC#CC1=C(C)SC(=C2SC(C)=C(C)S2)S1. The fourth-order valence-electron chi connectivity index (χ4n) is 1.21. The van der Waals surface area contributed by atoms with Crippen molar-refractivity contribution in [2.75, 3.05) is 0 Å². The standard InChI is InChI=1S/C12H12S4/c1-5-6-10-9(4)15-12(16-10)11-13-7(2)8(3)14-11/h1-4H3. The van der Waals surface area contributed by atoms with Gasteiger partial charge in [0, 0.05) is 4.91 Å². The maximum absolute atomic E-state index is 3.18. The third-order valence-electron chi connectivity index (χ3n) is 2.15. The number of hydrogen-bond donors (Lipinski definition) is 0. The van der Waals surface area contributed by atoms with Crippen LogP contribution in [0.3, 0.4) is 0 Å². The fraction of sp³-hybridized carbons (Fsp3) is 0.333.